The number of likely N-dealkylation sites (N-methyl/N-ethyl adjacent to an activating group) is 1. The topological polar surface area (TPSA) is 32.3 Å². The fraction of sp³-hybridized carbons (Fsp3) is 1.00. The summed E-state index contributed by atoms with van der Waals surface area (Å²) in [7, 11) is 1.87. The summed E-state index contributed by atoms with van der Waals surface area (Å²) in [5.41, 5.74) is 0. The smallest absolute Gasteiger partial charge is 0.0690 e. The zero-order chi connectivity index (χ0) is 9.98. The van der Waals surface area contributed by atoms with Crippen molar-refractivity contribution in [3.05, 3.63) is 0 Å². The molecule has 0 aliphatic carbocycles. The summed E-state index contributed by atoms with van der Waals surface area (Å²) in [4.78, 5) is 0. The van der Waals surface area contributed by atoms with Gasteiger partial charge in [0.2, 0.25) is 0 Å². The predicted molar refractivity (Wildman–Crippen MR) is 55.4 cm³/mol. The van der Waals surface area contributed by atoms with Gasteiger partial charge in [0.15, 0.2) is 0 Å². The minimum Gasteiger partial charge on any atom is -0.392 e. The molecular weight excluding hydrogens is 150 g/mol. The summed E-state index contributed by atoms with van der Waals surface area (Å²) in [5, 5.41) is 12.4. The number of hydrogen-bond donors (Lipinski definition) is 2. The van der Waals surface area contributed by atoms with Crippen molar-refractivity contribution in [3.63, 3.8) is 0 Å². The molecule has 0 aliphatic heterocycles. The molecule has 0 fully saturated rings. The minimum atomic E-state index is -0.176. The van der Waals surface area contributed by atoms with Gasteiger partial charge >= 0.3 is 0 Å². The van der Waals surface area contributed by atoms with Crippen LogP contribution in [0.3, 0.4) is 0 Å². The maximum atomic E-state index is 9.39. The summed E-state index contributed by atoms with van der Waals surface area (Å²) in [6.45, 7) is 8.14. The molecule has 0 saturated carbocycles. The predicted octanol–water partition coefficient (Wildman–Crippen LogP) is 2.17. The lowest BCUT2D eigenvalue weighted by Gasteiger charge is -2.17. The van der Waals surface area contributed by atoms with Crippen molar-refractivity contribution in [1.82, 2.24) is 5.32 Å². The van der Waals surface area contributed by atoms with Gasteiger partial charge in [-0.3, -0.25) is 0 Å². The second-order valence-electron chi connectivity index (χ2n) is 2.79. The van der Waals surface area contributed by atoms with E-state index in [-0.39, 0.29) is 12.1 Å². The fourth-order valence-electron chi connectivity index (χ4n) is 0.856. The average molecular weight is 175 g/mol. The maximum absolute atomic E-state index is 9.39. The molecule has 0 rings (SSSR count). The monoisotopic (exact) mass is 175 g/mol. The van der Waals surface area contributed by atoms with Gasteiger partial charge in [-0.1, -0.05) is 33.6 Å². The molecule has 76 valence electrons. The summed E-state index contributed by atoms with van der Waals surface area (Å²) in [5.74, 6) is 0. The van der Waals surface area contributed by atoms with Crippen molar-refractivity contribution in [2.45, 2.75) is 59.1 Å². The molecule has 0 aromatic rings. The van der Waals surface area contributed by atoms with E-state index >= 15 is 0 Å². The molecule has 1 unspecified atom stereocenters. The zero-order valence-corrected chi connectivity index (χ0v) is 9.22. The highest BCUT2D eigenvalue weighted by molar-refractivity contribution is 4.67. The Morgan fingerprint density at radius 3 is 2.17 bits per heavy atom. The Kier molecular flexibility index (Phi) is 13.1. The first kappa shape index (κ1) is 14.4. The normalized spacial score (nSPS) is 14.5. The molecule has 0 saturated heterocycles. The van der Waals surface area contributed by atoms with E-state index in [9.17, 15) is 5.11 Å². The quantitative estimate of drug-likeness (QED) is 0.671. The van der Waals surface area contributed by atoms with Crippen molar-refractivity contribution in [1.29, 1.82) is 0 Å². The molecule has 0 radical (unpaired) electrons. The molecule has 0 amide bonds. The van der Waals surface area contributed by atoms with Crippen molar-refractivity contribution in [2.75, 3.05) is 7.05 Å². The van der Waals surface area contributed by atoms with Crippen LogP contribution in [0.4, 0.5) is 0 Å². The van der Waals surface area contributed by atoms with Crippen molar-refractivity contribution < 1.29 is 5.11 Å². The Balaban J connectivity index is 0. The largest absolute Gasteiger partial charge is 0.392 e. The molecule has 2 atom stereocenters. The Labute approximate surface area is 77.4 Å². The molecule has 0 bridgehead atoms. The van der Waals surface area contributed by atoms with E-state index in [1.807, 2.05) is 27.8 Å². The van der Waals surface area contributed by atoms with Crippen LogP contribution >= 0.6 is 0 Å². The molecule has 0 heterocycles. The standard InChI is InChI=1S/C8H19NO.C2H6/c1-4-5-6-8(10)7(2)9-3;1-2/h7-10H,4-6H2,1-3H3;1-2H3/t7-,8?;/m0./s1. The highest BCUT2D eigenvalue weighted by atomic mass is 16.3. The van der Waals surface area contributed by atoms with Gasteiger partial charge in [-0.05, 0) is 20.4 Å². The van der Waals surface area contributed by atoms with Gasteiger partial charge in [0.05, 0.1) is 6.10 Å². The van der Waals surface area contributed by atoms with Gasteiger partial charge in [-0.2, -0.15) is 0 Å². The summed E-state index contributed by atoms with van der Waals surface area (Å²) in [6.07, 6.45) is 3.02. The third-order valence-corrected chi connectivity index (χ3v) is 1.89. The zero-order valence-electron chi connectivity index (χ0n) is 9.22. The maximum Gasteiger partial charge on any atom is 0.0690 e. The van der Waals surface area contributed by atoms with E-state index in [1.165, 1.54) is 0 Å². The lowest BCUT2D eigenvalue weighted by molar-refractivity contribution is 0.126. The number of nitrogens with one attached hydrogen (secondary N) is 1. The Hall–Kier alpha value is -0.0800. The molecular formula is C10H25NO. The van der Waals surface area contributed by atoms with Gasteiger partial charge < -0.3 is 10.4 Å². The van der Waals surface area contributed by atoms with Crippen LogP contribution in [-0.2, 0) is 0 Å². The van der Waals surface area contributed by atoms with E-state index in [1.54, 1.807) is 0 Å². The Morgan fingerprint density at radius 2 is 1.83 bits per heavy atom. The second-order valence-corrected chi connectivity index (χ2v) is 2.79. The molecule has 0 aromatic heterocycles. The first-order chi connectivity index (χ1) is 5.72. The van der Waals surface area contributed by atoms with E-state index < -0.39 is 0 Å². The van der Waals surface area contributed by atoms with Gasteiger partial charge in [0, 0.05) is 6.04 Å². The molecule has 12 heavy (non-hydrogen) atoms. The van der Waals surface area contributed by atoms with E-state index in [2.05, 4.69) is 12.2 Å². The van der Waals surface area contributed by atoms with Gasteiger partial charge in [0.25, 0.3) is 0 Å². The molecule has 0 aromatic carbocycles. The Morgan fingerprint density at radius 1 is 1.33 bits per heavy atom. The van der Waals surface area contributed by atoms with Crippen molar-refractivity contribution in [3.8, 4) is 0 Å². The average Bonchev–Trinajstić information content (AvgIpc) is 2.16. The first-order valence-corrected chi connectivity index (χ1v) is 5.07. The van der Waals surface area contributed by atoms with E-state index in [0.717, 1.165) is 19.3 Å². The molecule has 0 aliphatic rings. The summed E-state index contributed by atoms with van der Waals surface area (Å²) < 4.78 is 0. The second kappa shape index (κ2) is 10.9. The highest BCUT2D eigenvalue weighted by Gasteiger charge is 2.09. The number of aliphatic hydroxyl groups is 1. The van der Waals surface area contributed by atoms with Crippen LogP contribution < -0.4 is 5.32 Å². The van der Waals surface area contributed by atoms with Crippen LogP contribution in [0, 0.1) is 0 Å². The lowest BCUT2D eigenvalue weighted by Crippen LogP contribution is -2.34. The van der Waals surface area contributed by atoms with Crippen molar-refractivity contribution in [2.24, 2.45) is 0 Å². The van der Waals surface area contributed by atoms with Crippen LogP contribution in [-0.4, -0.2) is 24.3 Å². The lowest BCUT2D eigenvalue weighted by atomic mass is 10.1. The number of unbranched alkanes of at least 4 members (excludes halogenated alkanes) is 1. The van der Waals surface area contributed by atoms with Gasteiger partial charge in [-0.25, -0.2) is 0 Å². The van der Waals surface area contributed by atoms with E-state index in [0.29, 0.717) is 0 Å². The van der Waals surface area contributed by atoms with Crippen LogP contribution in [0.2, 0.25) is 0 Å². The van der Waals surface area contributed by atoms with Gasteiger partial charge in [-0.15, -0.1) is 0 Å². The number of aliphatic hydroxyl groups excluding tert-OH is 1. The highest BCUT2D eigenvalue weighted by Crippen LogP contribution is 2.03. The first-order valence-electron chi connectivity index (χ1n) is 5.07. The fourth-order valence-corrected chi connectivity index (χ4v) is 0.856. The van der Waals surface area contributed by atoms with Crippen LogP contribution in [0.15, 0.2) is 0 Å². The van der Waals surface area contributed by atoms with Crippen LogP contribution in [0.1, 0.15) is 47.0 Å². The molecule has 2 nitrogen and oxygen atoms in total. The SMILES string of the molecule is CC.CCCCC(O)[C@H](C)NC. The minimum absolute atomic E-state index is 0.176. The summed E-state index contributed by atoms with van der Waals surface area (Å²) in [6, 6.07) is 0.228. The Bertz CT molecular complexity index is 76.2. The van der Waals surface area contributed by atoms with E-state index in [4.69, 9.17) is 0 Å². The molecule has 2 heteroatoms. The third kappa shape index (κ3) is 8.02. The van der Waals surface area contributed by atoms with Crippen molar-refractivity contribution >= 4 is 0 Å². The van der Waals surface area contributed by atoms with Crippen LogP contribution in [0.5, 0.6) is 0 Å². The molecule has 0 spiro atoms. The third-order valence-electron chi connectivity index (χ3n) is 1.89. The van der Waals surface area contributed by atoms with Crippen LogP contribution in [0.25, 0.3) is 0 Å². The number of hydrogen-bond acceptors (Lipinski definition) is 2. The number of rotatable bonds is 5. The van der Waals surface area contributed by atoms with Gasteiger partial charge in [0.1, 0.15) is 0 Å². The summed E-state index contributed by atoms with van der Waals surface area (Å²) >= 11 is 0. The molecule has 2 N–H and O–H groups in total.